The molecule has 0 aromatic heterocycles. The Hall–Kier alpha value is -2.69. The molecular weight excluding hydrogens is 326 g/mol. The molecule has 2 atom stereocenters. The molecule has 0 bridgehead atoms. The quantitative estimate of drug-likeness (QED) is 0.586. The average Bonchev–Trinajstić information content (AvgIpc) is 3.46. The van der Waals surface area contributed by atoms with E-state index in [1.54, 1.807) is 14.2 Å². The highest BCUT2D eigenvalue weighted by atomic mass is 16.5. The summed E-state index contributed by atoms with van der Waals surface area (Å²) in [7, 11) is 3.42. The summed E-state index contributed by atoms with van der Waals surface area (Å²) in [4.78, 5) is 4.32. The highest BCUT2D eigenvalue weighted by molar-refractivity contribution is 5.93. The standard InChI is InChI=1S/C21H27N3O2/c1-4-26-19-11-10-17(13-20(19)25-3)24-21(22-2)23-14-16-12-18(16)15-8-6-5-7-9-15/h5-11,13,16,18H,4,12,14H2,1-3H3,(H2,22,23,24). The monoisotopic (exact) mass is 353 g/mol. The SMILES string of the molecule is CCOc1ccc(NC(=NC)NCC2CC2c2ccccc2)cc1OC. The van der Waals surface area contributed by atoms with Crippen molar-refractivity contribution >= 4 is 11.6 Å². The van der Waals surface area contributed by atoms with E-state index in [4.69, 9.17) is 9.47 Å². The Balaban J connectivity index is 1.54. The third-order valence-corrected chi connectivity index (χ3v) is 4.63. The van der Waals surface area contributed by atoms with E-state index in [0.717, 1.165) is 23.9 Å². The second-order valence-electron chi connectivity index (χ2n) is 6.39. The van der Waals surface area contributed by atoms with Gasteiger partial charge in [-0.1, -0.05) is 30.3 Å². The molecule has 2 aromatic carbocycles. The smallest absolute Gasteiger partial charge is 0.195 e. The Kier molecular flexibility index (Phi) is 6.00. The highest BCUT2D eigenvalue weighted by Crippen LogP contribution is 2.46. The van der Waals surface area contributed by atoms with Crippen molar-refractivity contribution in [3.63, 3.8) is 0 Å². The number of hydrogen-bond acceptors (Lipinski definition) is 3. The molecule has 5 heteroatoms. The molecule has 3 rings (SSSR count). The molecule has 1 saturated carbocycles. The molecule has 0 heterocycles. The summed E-state index contributed by atoms with van der Waals surface area (Å²) in [5.74, 6) is 3.53. The Morgan fingerprint density at radius 2 is 1.96 bits per heavy atom. The first-order valence-electron chi connectivity index (χ1n) is 9.08. The van der Waals surface area contributed by atoms with Crippen molar-refractivity contribution in [2.75, 3.05) is 32.6 Å². The number of nitrogens with one attached hydrogen (secondary N) is 2. The first kappa shape index (κ1) is 18.1. The van der Waals surface area contributed by atoms with Crippen LogP contribution in [0.2, 0.25) is 0 Å². The van der Waals surface area contributed by atoms with Crippen LogP contribution in [0.1, 0.15) is 24.8 Å². The molecule has 1 aliphatic rings. The van der Waals surface area contributed by atoms with Crippen molar-refractivity contribution < 1.29 is 9.47 Å². The predicted octanol–water partition coefficient (Wildman–Crippen LogP) is 3.88. The summed E-state index contributed by atoms with van der Waals surface area (Å²) < 4.78 is 11.0. The van der Waals surface area contributed by atoms with Gasteiger partial charge < -0.3 is 20.1 Å². The fraction of sp³-hybridized carbons (Fsp3) is 0.381. The number of ether oxygens (including phenoxy) is 2. The topological polar surface area (TPSA) is 54.9 Å². The van der Waals surface area contributed by atoms with E-state index in [1.165, 1.54) is 12.0 Å². The lowest BCUT2D eigenvalue weighted by Crippen LogP contribution is -2.32. The number of anilines is 1. The second-order valence-corrected chi connectivity index (χ2v) is 6.39. The molecular formula is C21H27N3O2. The van der Waals surface area contributed by atoms with Gasteiger partial charge in [-0.25, -0.2) is 0 Å². The van der Waals surface area contributed by atoms with Crippen LogP contribution < -0.4 is 20.1 Å². The minimum Gasteiger partial charge on any atom is -0.493 e. The maximum atomic E-state index is 5.56. The van der Waals surface area contributed by atoms with Gasteiger partial charge in [0.1, 0.15) is 0 Å². The maximum absolute atomic E-state index is 5.56. The van der Waals surface area contributed by atoms with Gasteiger partial charge in [0.15, 0.2) is 17.5 Å². The molecule has 0 aliphatic heterocycles. The van der Waals surface area contributed by atoms with Crippen molar-refractivity contribution in [3.05, 3.63) is 54.1 Å². The van der Waals surface area contributed by atoms with Gasteiger partial charge in [0.05, 0.1) is 13.7 Å². The molecule has 138 valence electrons. The summed E-state index contributed by atoms with van der Waals surface area (Å²) >= 11 is 0. The van der Waals surface area contributed by atoms with Crippen LogP contribution in [-0.2, 0) is 0 Å². The van der Waals surface area contributed by atoms with Crippen LogP contribution >= 0.6 is 0 Å². The van der Waals surface area contributed by atoms with Gasteiger partial charge in [-0.3, -0.25) is 4.99 Å². The van der Waals surface area contributed by atoms with Crippen LogP contribution in [-0.4, -0.2) is 33.3 Å². The lowest BCUT2D eigenvalue weighted by atomic mass is 10.1. The van der Waals surface area contributed by atoms with Gasteiger partial charge >= 0.3 is 0 Å². The molecule has 0 spiro atoms. The Morgan fingerprint density at radius 3 is 2.65 bits per heavy atom. The van der Waals surface area contributed by atoms with Crippen LogP contribution in [0.5, 0.6) is 11.5 Å². The molecule has 1 aliphatic carbocycles. The fourth-order valence-electron chi connectivity index (χ4n) is 3.15. The van der Waals surface area contributed by atoms with Crippen molar-refractivity contribution in [1.29, 1.82) is 0 Å². The molecule has 5 nitrogen and oxygen atoms in total. The maximum Gasteiger partial charge on any atom is 0.195 e. The van der Waals surface area contributed by atoms with Crippen LogP contribution in [0, 0.1) is 5.92 Å². The van der Waals surface area contributed by atoms with E-state index in [-0.39, 0.29) is 0 Å². The average molecular weight is 353 g/mol. The van der Waals surface area contributed by atoms with E-state index in [1.807, 2.05) is 25.1 Å². The van der Waals surface area contributed by atoms with Gasteiger partial charge in [-0.2, -0.15) is 0 Å². The molecule has 2 unspecified atom stereocenters. The van der Waals surface area contributed by atoms with Crippen LogP contribution in [0.25, 0.3) is 0 Å². The van der Waals surface area contributed by atoms with Gasteiger partial charge in [0.2, 0.25) is 0 Å². The number of rotatable bonds is 7. The summed E-state index contributed by atoms with van der Waals surface area (Å²) in [6.07, 6.45) is 1.23. The summed E-state index contributed by atoms with van der Waals surface area (Å²) in [6, 6.07) is 16.5. The molecule has 0 radical (unpaired) electrons. The Morgan fingerprint density at radius 1 is 1.15 bits per heavy atom. The normalized spacial score (nSPS) is 19.0. The molecule has 0 amide bonds. The van der Waals surface area contributed by atoms with E-state index < -0.39 is 0 Å². The molecule has 1 fully saturated rings. The zero-order valence-electron chi connectivity index (χ0n) is 15.7. The first-order valence-corrected chi connectivity index (χ1v) is 9.08. The van der Waals surface area contributed by atoms with E-state index >= 15 is 0 Å². The van der Waals surface area contributed by atoms with Crippen molar-refractivity contribution in [3.8, 4) is 11.5 Å². The van der Waals surface area contributed by atoms with E-state index in [0.29, 0.717) is 24.2 Å². The van der Waals surface area contributed by atoms with E-state index in [9.17, 15) is 0 Å². The molecule has 0 saturated heterocycles. The molecule has 2 aromatic rings. The number of guanidine groups is 1. The van der Waals surface area contributed by atoms with Gasteiger partial charge in [-0.05, 0) is 42.9 Å². The number of nitrogens with zero attached hydrogens (tertiary/aromatic N) is 1. The van der Waals surface area contributed by atoms with Crippen molar-refractivity contribution in [1.82, 2.24) is 5.32 Å². The second kappa shape index (κ2) is 8.61. The minimum absolute atomic E-state index is 0.607. The lowest BCUT2D eigenvalue weighted by Gasteiger charge is -2.14. The van der Waals surface area contributed by atoms with E-state index in [2.05, 4.69) is 46.0 Å². The van der Waals surface area contributed by atoms with Gasteiger partial charge in [0, 0.05) is 25.3 Å². The fourth-order valence-corrected chi connectivity index (χ4v) is 3.15. The Bertz CT molecular complexity index is 746. The number of hydrogen-bond donors (Lipinski definition) is 2. The molecule has 2 N–H and O–H groups in total. The number of benzene rings is 2. The van der Waals surface area contributed by atoms with Gasteiger partial charge in [0.25, 0.3) is 0 Å². The third kappa shape index (κ3) is 4.48. The van der Waals surface area contributed by atoms with Gasteiger partial charge in [-0.15, -0.1) is 0 Å². The zero-order chi connectivity index (χ0) is 18.4. The molecule has 26 heavy (non-hydrogen) atoms. The number of methoxy groups -OCH3 is 1. The van der Waals surface area contributed by atoms with Crippen molar-refractivity contribution in [2.24, 2.45) is 10.9 Å². The summed E-state index contributed by atoms with van der Waals surface area (Å²) in [5, 5.41) is 6.74. The number of aliphatic imine (C=N–C) groups is 1. The zero-order valence-corrected chi connectivity index (χ0v) is 15.7. The van der Waals surface area contributed by atoms with Crippen molar-refractivity contribution in [2.45, 2.75) is 19.3 Å². The van der Waals surface area contributed by atoms with Crippen LogP contribution in [0.15, 0.2) is 53.5 Å². The largest absolute Gasteiger partial charge is 0.493 e. The minimum atomic E-state index is 0.607. The van der Waals surface area contributed by atoms with Crippen LogP contribution in [0.4, 0.5) is 5.69 Å². The Labute approximate surface area is 155 Å². The highest BCUT2D eigenvalue weighted by Gasteiger charge is 2.37. The predicted molar refractivity (Wildman–Crippen MR) is 106 cm³/mol. The summed E-state index contributed by atoms with van der Waals surface area (Å²) in [6.45, 7) is 3.47. The first-order chi connectivity index (χ1) is 12.7. The lowest BCUT2D eigenvalue weighted by molar-refractivity contribution is 0.311. The summed E-state index contributed by atoms with van der Waals surface area (Å²) in [5.41, 5.74) is 2.34. The third-order valence-electron chi connectivity index (χ3n) is 4.63. The van der Waals surface area contributed by atoms with Crippen LogP contribution in [0.3, 0.4) is 0 Å².